The molecule has 0 spiro atoms. The minimum absolute atomic E-state index is 0.00661. The third-order valence-corrected chi connectivity index (χ3v) is 13.8. The zero-order valence-corrected chi connectivity index (χ0v) is 31.2. The molecule has 6 atom stereocenters. The van der Waals surface area contributed by atoms with Gasteiger partial charge in [0.15, 0.2) is 0 Å². The number of ether oxygens (including phenoxy) is 2. The Bertz CT molecular complexity index is 1640. The van der Waals surface area contributed by atoms with Gasteiger partial charge in [0.25, 0.3) is 0 Å². The molecule has 9 nitrogen and oxygen atoms in total. The van der Waals surface area contributed by atoms with Gasteiger partial charge in [0.1, 0.15) is 24.2 Å². The summed E-state index contributed by atoms with van der Waals surface area (Å²) in [6.07, 6.45) is 5.74. The SMILES string of the molecule is C[C@@H]1[C@@H](C)CCC[C@@](O)(C#CCCN2CCOCC2)[C@@H]2CC[C@H]2CN2CCCCc3cc(Cl)ccc3COc3ccc(cc32)C(O)NS1(=O)=O. The molecule has 3 N–H and O–H groups in total. The van der Waals surface area contributed by atoms with Crippen molar-refractivity contribution in [1.29, 1.82) is 0 Å². The van der Waals surface area contributed by atoms with Gasteiger partial charge in [-0.25, -0.2) is 8.42 Å². The highest BCUT2D eigenvalue weighted by atomic mass is 35.5. The second kappa shape index (κ2) is 16.5. The molecule has 6 rings (SSSR count). The molecule has 4 aliphatic rings. The largest absolute Gasteiger partial charge is 0.487 e. The zero-order valence-electron chi connectivity index (χ0n) is 29.6. The smallest absolute Gasteiger partial charge is 0.216 e. The van der Waals surface area contributed by atoms with E-state index in [-0.39, 0.29) is 17.8 Å². The minimum Gasteiger partial charge on any atom is -0.487 e. The maximum atomic E-state index is 13.5. The molecular weight excluding hydrogens is 674 g/mol. The van der Waals surface area contributed by atoms with Gasteiger partial charge in [-0.15, -0.1) is 0 Å². The summed E-state index contributed by atoms with van der Waals surface area (Å²) in [7, 11) is -3.86. The second-order valence-corrected chi connectivity index (χ2v) is 17.4. The molecule has 2 aromatic rings. The number of hydrogen-bond donors (Lipinski definition) is 3. The molecule has 2 bridgehead atoms. The number of morpholine rings is 1. The van der Waals surface area contributed by atoms with Crippen LogP contribution in [0.5, 0.6) is 5.75 Å². The zero-order chi connectivity index (χ0) is 35.3. The molecule has 3 aliphatic heterocycles. The Labute approximate surface area is 303 Å². The van der Waals surface area contributed by atoms with Crippen molar-refractivity contribution in [2.24, 2.45) is 17.8 Å². The topological polar surface area (TPSA) is 112 Å². The third kappa shape index (κ3) is 8.98. The highest BCUT2D eigenvalue weighted by Crippen LogP contribution is 2.46. The standard InChI is InChI=1S/C39H54ClN3O6S/c1-28-8-7-17-39(45,16-4-6-18-42-20-22-48-23-21-42)35-14-11-32(35)26-43-19-5-3-9-30-24-34(40)13-10-33(30)27-49-37-15-12-31(25-36(37)43)38(44)41-50(46,47)29(28)2/h10,12-13,15,24-25,28-29,32,35,38,41,44-45H,3,5-9,11,14,17-23,26-27H2,1-2H3/t28-,29+,32-,35+,38?,39-/m0/s1. The molecule has 0 aromatic heterocycles. The Morgan fingerprint density at radius 3 is 2.62 bits per heavy atom. The van der Waals surface area contributed by atoms with Crippen LogP contribution in [0.25, 0.3) is 0 Å². The first kappa shape index (κ1) is 37.4. The van der Waals surface area contributed by atoms with Gasteiger partial charge in [0.2, 0.25) is 10.0 Å². The number of aliphatic hydroxyl groups excluding tert-OH is 1. The van der Waals surface area contributed by atoms with Gasteiger partial charge in [-0.3, -0.25) is 4.90 Å². The van der Waals surface area contributed by atoms with Crippen LogP contribution in [0.4, 0.5) is 5.69 Å². The highest BCUT2D eigenvalue weighted by Gasteiger charge is 2.46. The van der Waals surface area contributed by atoms with Gasteiger partial charge in [-0.05, 0) is 111 Å². The van der Waals surface area contributed by atoms with Crippen molar-refractivity contribution in [3.63, 3.8) is 0 Å². The summed E-state index contributed by atoms with van der Waals surface area (Å²) in [5.41, 5.74) is 2.39. The van der Waals surface area contributed by atoms with E-state index in [0.29, 0.717) is 55.2 Å². The van der Waals surface area contributed by atoms with Crippen LogP contribution in [0.2, 0.25) is 5.02 Å². The third-order valence-electron chi connectivity index (χ3n) is 11.5. The first-order valence-electron chi connectivity index (χ1n) is 18.5. The first-order chi connectivity index (χ1) is 24.0. The number of sulfonamides is 1. The van der Waals surface area contributed by atoms with E-state index in [2.05, 4.69) is 26.4 Å². The average Bonchev–Trinajstić information content (AvgIpc) is 3.11. The second-order valence-electron chi connectivity index (χ2n) is 14.8. The number of nitrogens with zero attached hydrogens (tertiary/aromatic N) is 2. The number of aryl methyl sites for hydroxylation is 1. The van der Waals surface area contributed by atoms with Crippen LogP contribution in [-0.2, 0) is 27.8 Å². The predicted molar refractivity (Wildman–Crippen MR) is 198 cm³/mol. The molecule has 50 heavy (non-hydrogen) atoms. The molecule has 2 aromatic carbocycles. The molecule has 1 unspecified atom stereocenters. The van der Waals surface area contributed by atoms with Crippen LogP contribution < -0.4 is 14.4 Å². The quantitative estimate of drug-likeness (QED) is 0.340. The summed E-state index contributed by atoms with van der Waals surface area (Å²) in [5.74, 6) is 7.45. The molecule has 274 valence electrons. The molecule has 2 fully saturated rings. The molecule has 0 amide bonds. The fraction of sp³-hybridized carbons (Fsp3) is 0.641. The number of nitrogens with one attached hydrogen (secondary N) is 1. The Kier molecular flexibility index (Phi) is 12.4. The fourth-order valence-electron chi connectivity index (χ4n) is 7.98. The number of rotatable bonds is 2. The highest BCUT2D eigenvalue weighted by molar-refractivity contribution is 7.90. The molecule has 1 aliphatic carbocycles. The summed E-state index contributed by atoms with van der Waals surface area (Å²) >= 11 is 6.37. The van der Waals surface area contributed by atoms with Crippen molar-refractivity contribution in [3.8, 4) is 17.6 Å². The maximum Gasteiger partial charge on any atom is 0.216 e. The Balaban J connectivity index is 1.33. The number of hydrogen-bond acceptors (Lipinski definition) is 8. The fourth-order valence-corrected chi connectivity index (χ4v) is 9.59. The maximum absolute atomic E-state index is 13.5. The van der Waals surface area contributed by atoms with Crippen molar-refractivity contribution in [2.75, 3.05) is 50.8 Å². The van der Waals surface area contributed by atoms with Crippen LogP contribution >= 0.6 is 11.6 Å². The van der Waals surface area contributed by atoms with Crippen molar-refractivity contribution in [2.45, 2.75) is 95.3 Å². The number of aliphatic hydroxyl groups is 2. The number of benzene rings is 2. The molecular formula is C39H54ClN3O6S. The molecule has 11 heteroatoms. The van der Waals surface area contributed by atoms with E-state index in [4.69, 9.17) is 21.1 Å². The summed E-state index contributed by atoms with van der Waals surface area (Å²) in [4.78, 5) is 4.68. The summed E-state index contributed by atoms with van der Waals surface area (Å²) < 4.78 is 41.6. The van der Waals surface area contributed by atoms with E-state index in [0.717, 1.165) is 82.7 Å². The average molecular weight is 728 g/mol. The Hall–Kier alpha value is -2.36. The molecule has 3 heterocycles. The van der Waals surface area contributed by atoms with Gasteiger partial charge in [0.05, 0.1) is 24.2 Å². The number of halogens is 1. The number of fused-ring (bicyclic) bond motifs is 3. The van der Waals surface area contributed by atoms with E-state index in [1.165, 1.54) is 5.56 Å². The van der Waals surface area contributed by atoms with Gasteiger partial charge in [-0.2, -0.15) is 4.72 Å². The Morgan fingerprint density at radius 1 is 1.02 bits per heavy atom. The molecule has 0 radical (unpaired) electrons. The summed E-state index contributed by atoms with van der Waals surface area (Å²) in [6, 6.07) is 11.4. The van der Waals surface area contributed by atoms with E-state index in [1.807, 2.05) is 37.3 Å². The van der Waals surface area contributed by atoms with Crippen molar-refractivity contribution in [3.05, 3.63) is 58.1 Å². The van der Waals surface area contributed by atoms with Crippen LogP contribution in [0.1, 0.15) is 88.1 Å². The van der Waals surface area contributed by atoms with E-state index >= 15 is 0 Å². The van der Waals surface area contributed by atoms with Gasteiger partial charge >= 0.3 is 0 Å². The van der Waals surface area contributed by atoms with Crippen LogP contribution in [0.3, 0.4) is 0 Å². The van der Waals surface area contributed by atoms with E-state index in [1.54, 1.807) is 13.0 Å². The lowest BCUT2D eigenvalue weighted by atomic mass is 9.63. The van der Waals surface area contributed by atoms with Gasteiger partial charge < -0.3 is 24.6 Å². The van der Waals surface area contributed by atoms with Crippen LogP contribution in [0.15, 0.2) is 36.4 Å². The molecule has 1 saturated heterocycles. The van der Waals surface area contributed by atoms with Crippen molar-refractivity contribution < 1.29 is 28.1 Å². The minimum atomic E-state index is -3.86. The number of anilines is 1. The van der Waals surface area contributed by atoms with Crippen molar-refractivity contribution >= 4 is 27.3 Å². The van der Waals surface area contributed by atoms with Gasteiger partial charge in [0, 0.05) is 50.1 Å². The lowest BCUT2D eigenvalue weighted by molar-refractivity contribution is -0.0447. The van der Waals surface area contributed by atoms with E-state index in [9.17, 15) is 18.6 Å². The molecule has 1 saturated carbocycles. The van der Waals surface area contributed by atoms with Gasteiger partial charge in [-0.1, -0.05) is 42.5 Å². The van der Waals surface area contributed by atoms with E-state index < -0.39 is 27.1 Å². The lowest BCUT2D eigenvalue weighted by Gasteiger charge is -2.47. The Morgan fingerprint density at radius 2 is 1.84 bits per heavy atom. The normalized spacial score (nSPS) is 31.0. The van der Waals surface area contributed by atoms with Crippen molar-refractivity contribution in [1.82, 2.24) is 9.62 Å². The summed E-state index contributed by atoms with van der Waals surface area (Å²) in [6.45, 7) is 9.60. The van der Waals surface area contributed by atoms with Crippen LogP contribution in [-0.4, -0.2) is 80.3 Å². The monoisotopic (exact) mass is 727 g/mol. The predicted octanol–water partition coefficient (Wildman–Crippen LogP) is 5.66. The lowest BCUT2D eigenvalue weighted by Crippen LogP contribution is -2.50. The van der Waals surface area contributed by atoms with Crippen LogP contribution in [0, 0.1) is 29.6 Å². The summed E-state index contributed by atoms with van der Waals surface area (Å²) in [5, 5.41) is 23.6. The first-order valence-corrected chi connectivity index (χ1v) is 20.5.